The minimum Gasteiger partial charge on any atom is -0.508 e. The van der Waals surface area contributed by atoms with Gasteiger partial charge in [0.1, 0.15) is 17.1 Å². The van der Waals surface area contributed by atoms with Crippen molar-refractivity contribution in [3.63, 3.8) is 0 Å². The molecule has 2 aliphatic rings. The van der Waals surface area contributed by atoms with Gasteiger partial charge in [-0.15, -0.1) is 0 Å². The predicted molar refractivity (Wildman–Crippen MR) is 206 cm³/mol. The van der Waals surface area contributed by atoms with E-state index >= 15 is 0 Å². The zero-order chi connectivity index (χ0) is 35.3. The van der Waals surface area contributed by atoms with E-state index in [1.54, 1.807) is 42.5 Å². The fourth-order valence-electron chi connectivity index (χ4n) is 6.64. The molecule has 0 bridgehead atoms. The van der Waals surface area contributed by atoms with E-state index in [0.717, 1.165) is 45.8 Å². The van der Waals surface area contributed by atoms with Gasteiger partial charge in [-0.05, 0) is 82.9 Å². The number of phenolic OH excluding ortho intramolecular Hbond substituents is 1. The van der Waals surface area contributed by atoms with E-state index in [9.17, 15) is 19.8 Å². The van der Waals surface area contributed by atoms with Crippen molar-refractivity contribution >= 4 is 45.2 Å². The third-order valence-corrected chi connectivity index (χ3v) is 9.96. The number of aromatic hydroxyl groups is 1. The maximum Gasteiger partial charge on any atom is 0.336 e. The fraction of sp³-hybridized carbons (Fsp3) is 0.167. The van der Waals surface area contributed by atoms with Crippen molar-refractivity contribution in [3.8, 4) is 28.2 Å². The first-order valence-electron chi connectivity index (χ1n) is 16.9. The van der Waals surface area contributed by atoms with E-state index in [1.165, 1.54) is 6.07 Å². The Kier molecular flexibility index (Phi) is 10.0. The molecule has 0 spiro atoms. The number of fused-ring (bicyclic) bond motifs is 4. The number of phenols is 1. The highest BCUT2D eigenvalue weighted by Crippen LogP contribution is 2.44. The molecular weight excluding hydrogens is 659 g/mol. The number of aromatic nitrogens is 1. The topological polar surface area (TPSA) is 116 Å². The molecule has 5 aromatic rings. The minimum absolute atomic E-state index is 0.118. The molecule has 0 atom stereocenters. The summed E-state index contributed by atoms with van der Waals surface area (Å²) in [6.45, 7) is 4.65. The first-order chi connectivity index (χ1) is 24.9. The Hall–Kier alpha value is -5.64. The van der Waals surface area contributed by atoms with Gasteiger partial charge in [-0.25, -0.2) is 4.79 Å². The molecule has 9 heteroatoms. The van der Waals surface area contributed by atoms with E-state index < -0.39 is 5.97 Å². The summed E-state index contributed by atoms with van der Waals surface area (Å²) in [7, 11) is 0. The highest BCUT2D eigenvalue weighted by atomic mass is 32.2. The largest absolute Gasteiger partial charge is 0.508 e. The SMILES string of the molecule is CCSCCN(Cc1ccccn1)Cc1ccccc1NCc1c2oc3c(ccc4cc(O)ccc43)c(-c3ccccc3C(=O)O)c-2ccc1=O. The number of para-hydroxylation sites is 1. The number of pyridine rings is 1. The molecule has 0 saturated carbocycles. The summed E-state index contributed by atoms with van der Waals surface area (Å²) < 4.78 is 6.69. The number of carboxylic acids is 1. The lowest BCUT2D eigenvalue weighted by Gasteiger charge is -2.24. The summed E-state index contributed by atoms with van der Waals surface area (Å²) in [5.41, 5.74) is 5.69. The zero-order valence-electron chi connectivity index (χ0n) is 28.1. The number of rotatable bonds is 13. The third-order valence-electron chi connectivity index (χ3n) is 9.08. The molecule has 8 nitrogen and oxygen atoms in total. The summed E-state index contributed by atoms with van der Waals surface area (Å²) in [4.78, 5) is 33.1. The Labute approximate surface area is 299 Å². The first kappa shape index (κ1) is 33.8. The molecular formula is C42H37N3O5S. The van der Waals surface area contributed by atoms with Crippen LogP contribution in [0.25, 0.3) is 44.2 Å². The van der Waals surface area contributed by atoms with E-state index in [-0.39, 0.29) is 23.3 Å². The van der Waals surface area contributed by atoms with E-state index in [4.69, 9.17) is 4.42 Å². The molecule has 0 amide bonds. The van der Waals surface area contributed by atoms with E-state index in [1.807, 2.05) is 72.6 Å². The normalized spacial score (nSPS) is 11.5. The smallest absolute Gasteiger partial charge is 0.336 e. The van der Waals surface area contributed by atoms with Gasteiger partial charge < -0.3 is 19.9 Å². The van der Waals surface area contributed by atoms with Crippen molar-refractivity contribution in [3.05, 3.63) is 148 Å². The molecule has 1 aliphatic heterocycles. The van der Waals surface area contributed by atoms with Crippen molar-refractivity contribution in [1.82, 2.24) is 9.88 Å². The number of hydrogen-bond acceptors (Lipinski definition) is 8. The molecule has 1 aromatic heterocycles. The van der Waals surface area contributed by atoms with Crippen LogP contribution in [0.15, 0.2) is 125 Å². The number of anilines is 1. The Morgan fingerprint density at radius 3 is 2.51 bits per heavy atom. The number of carbonyl (C=O) groups is 1. The molecule has 256 valence electrons. The number of aromatic carboxylic acids is 1. The standard InChI is InChI=1S/C42H37N3O5S/c1-2-51-22-21-45(26-29-10-7-8-20-43-29)25-28-9-3-6-13-37(28)44-24-36-38(47)19-18-35-39(32-11-4-5-12-33(32)42(48)49)34-16-14-27-23-30(46)15-17-31(27)40(34)50-41(35)36/h3-20,23,44,46H,2,21-22,24-26H2,1H3,(H,48,49). The van der Waals surface area contributed by atoms with Gasteiger partial charge in [0.25, 0.3) is 0 Å². The van der Waals surface area contributed by atoms with E-state index in [2.05, 4.69) is 28.2 Å². The lowest BCUT2D eigenvalue weighted by Crippen LogP contribution is -2.26. The number of nitrogens with one attached hydrogen (secondary N) is 1. The highest BCUT2D eigenvalue weighted by molar-refractivity contribution is 7.99. The van der Waals surface area contributed by atoms with Gasteiger partial charge in [-0.3, -0.25) is 14.7 Å². The molecule has 0 radical (unpaired) electrons. The lowest BCUT2D eigenvalue weighted by atomic mass is 9.88. The molecule has 1 aliphatic carbocycles. The Morgan fingerprint density at radius 2 is 1.69 bits per heavy atom. The molecule has 0 saturated heterocycles. The molecule has 7 rings (SSSR count). The quantitative estimate of drug-likeness (QED) is 0.0618. The van der Waals surface area contributed by atoms with Crippen LogP contribution in [-0.4, -0.2) is 44.1 Å². The highest BCUT2D eigenvalue weighted by Gasteiger charge is 2.25. The van der Waals surface area contributed by atoms with E-state index in [0.29, 0.717) is 52.1 Å². The summed E-state index contributed by atoms with van der Waals surface area (Å²) in [6.07, 6.45) is 1.82. The van der Waals surface area contributed by atoms with Crippen molar-refractivity contribution in [2.45, 2.75) is 26.6 Å². The fourth-order valence-corrected chi connectivity index (χ4v) is 7.31. The van der Waals surface area contributed by atoms with Crippen LogP contribution in [0.2, 0.25) is 0 Å². The molecule has 3 N–H and O–H groups in total. The van der Waals surface area contributed by atoms with Crippen LogP contribution in [0.4, 0.5) is 5.69 Å². The third kappa shape index (κ3) is 7.17. The molecule has 2 heterocycles. The number of carboxylic acid groups (broad SMARTS) is 1. The number of thioether (sulfide) groups is 1. The van der Waals surface area contributed by atoms with Gasteiger partial charge in [-0.1, -0.05) is 55.5 Å². The van der Waals surface area contributed by atoms with Crippen molar-refractivity contribution in [2.75, 3.05) is 23.4 Å². The van der Waals surface area contributed by atoms with Crippen LogP contribution in [-0.2, 0) is 19.6 Å². The van der Waals surface area contributed by atoms with Crippen molar-refractivity contribution < 1.29 is 19.4 Å². The van der Waals surface area contributed by atoms with Gasteiger partial charge in [0.05, 0.1) is 16.8 Å². The van der Waals surface area contributed by atoms with Gasteiger partial charge in [0.15, 0.2) is 5.43 Å². The monoisotopic (exact) mass is 695 g/mol. The first-order valence-corrected chi connectivity index (χ1v) is 18.1. The average Bonchev–Trinajstić information content (AvgIpc) is 3.14. The minimum atomic E-state index is -1.05. The van der Waals surface area contributed by atoms with Crippen molar-refractivity contribution in [2.24, 2.45) is 0 Å². The predicted octanol–water partition coefficient (Wildman–Crippen LogP) is 8.88. The van der Waals surface area contributed by atoms with Gasteiger partial charge in [0, 0.05) is 65.7 Å². The van der Waals surface area contributed by atoms with Crippen molar-refractivity contribution in [1.29, 1.82) is 0 Å². The van der Waals surface area contributed by atoms with Crippen LogP contribution in [0.1, 0.15) is 34.1 Å². The second kappa shape index (κ2) is 15.1. The Balaban J connectivity index is 1.31. The van der Waals surface area contributed by atoms with Crippen LogP contribution in [0.3, 0.4) is 0 Å². The van der Waals surface area contributed by atoms with Gasteiger partial charge in [0.2, 0.25) is 0 Å². The number of hydrogen-bond donors (Lipinski definition) is 3. The summed E-state index contributed by atoms with van der Waals surface area (Å²) in [5, 5.41) is 26.1. The Morgan fingerprint density at radius 1 is 0.882 bits per heavy atom. The molecule has 0 fully saturated rings. The molecule has 51 heavy (non-hydrogen) atoms. The van der Waals surface area contributed by atoms with Gasteiger partial charge in [-0.2, -0.15) is 11.8 Å². The average molecular weight is 696 g/mol. The van der Waals surface area contributed by atoms with Gasteiger partial charge >= 0.3 is 5.97 Å². The Bertz CT molecular complexity index is 2380. The molecule has 0 unspecified atom stereocenters. The molecule has 4 aromatic carbocycles. The van der Waals surface area contributed by atoms with Crippen LogP contribution in [0, 0.1) is 0 Å². The summed E-state index contributed by atoms with van der Waals surface area (Å²) >= 11 is 1.91. The van der Waals surface area contributed by atoms with Crippen LogP contribution >= 0.6 is 11.8 Å². The second-order valence-electron chi connectivity index (χ2n) is 12.3. The number of nitrogens with zero attached hydrogens (tertiary/aromatic N) is 2. The summed E-state index contributed by atoms with van der Waals surface area (Å²) in [5.74, 6) is 1.50. The number of benzene rings is 5. The zero-order valence-corrected chi connectivity index (χ0v) is 29.0. The lowest BCUT2D eigenvalue weighted by molar-refractivity contribution is 0.0697. The maximum absolute atomic E-state index is 13.7. The second-order valence-corrected chi connectivity index (χ2v) is 13.7. The van der Waals surface area contributed by atoms with Crippen LogP contribution in [0.5, 0.6) is 5.75 Å². The maximum atomic E-state index is 13.7. The van der Waals surface area contributed by atoms with Crippen LogP contribution < -0.4 is 10.7 Å². The summed E-state index contributed by atoms with van der Waals surface area (Å²) in [6, 6.07) is 33.0.